The highest BCUT2D eigenvalue weighted by Gasteiger charge is 2.34. The lowest BCUT2D eigenvalue weighted by Gasteiger charge is -2.29. The van der Waals surface area contributed by atoms with Crippen LogP contribution in [0.2, 0.25) is 0 Å². The molecule has 0 saturated heterocycles. The summed E-state index contributed by atoms with van der Waals surface area (Å²) in [5.74, 6) is 0.699. The average Bonchev–Trinajstić information content (AvgIpc) is 2.61. The molecule has 0 aromatic rings. The third-order valence-corrected chi connectivity index (χ3v) is 4.32. The van der Waals surface area contributed by atoms with E-state index in [1.54, 1.807) is 0 Å². The van der Waals surface area contributed by atoms with E-state index in [0.29, 0.717) is 31.2 Å². The second-order valence-corrected chi connectivity index (χ2v) is 5.75. The molecule has 1 rings (SSSR count). The molecule has 0 heterocycles. The van der Waals surface area contributed by atoms with Crippen molar-refractivity contribution in [3.8, 4) is 0 Å². The summed E-state index contributed by atoms with van der Waals surface area (Å²) in [6, 6.07) is 0. The van der Waals surface area contributed by atoms with Crippen molar-refractivity contribution in [3.05, 3.63) is 11.6 Å². The predicted molar refractivity (Wildman–Crippen MR) is 78.1 cm³/mol. The zero-order valence-corrected chi connectivity index (χ0v) is 13.2. The van der Waals surface area contributed by atoms with E-state index in [2.05, 4.69) is 26.8 Å². The Kier molecular flexibility index (Phi) is 7.05. The molecule has 0 bridgehead atoms. The first-order valence-corrected chi connectivity index (χ1v) is 7.50. The standard InChI is InChI=1S/C16H30O3/c1-6-18-15(19-7-2)12-17-11-10-14-9-8-13(3)16(14,4)5/h8,14-15H,6-7,9-12H2,1-5H3/t14-/m0/s1. The van der Waals surface area contributed by atoms with Crippen LogP contribution in [0.4, 0.5) is 0 Å². The summed E-state index contributed by atoms with van der Waals surface area (Å²) in [6.07, 6.45) is 4.44. The van der Waals surface area contributed by atoms with Gasteiger partial charge in [-0.15, -0.1) is 0 Å². The summed E-state index contributed by atoms with van der Waals surface area (Å²) in [5.41, 5.74) is 1.83. The predicted octanol–water partition coefficient (Wildman–Crippen LogP) is 3.78. The Morgan fingerprint density at radius 3 is 2.37 bits per heavy atom. The lowest BCUT2D eigenvalue weighted by Crippen LogP contribution is -2.25. The summed E-state index contributed by atoms with van der Waals surface area (Å²) in [6.45, 7) is 13.5. The molecule has 1 aliphatic rings. The van der Waals surface area contributed by atoms with Gasteiger partial charge in [0.05, 0.1) is 6.61 Å². The number of allylic oxidation sites excluding steroid dienone is 2. The molecule has 0 amide bonds. The Bertz CT molecular complexity index is 278. The first-order chi connectivity index (χ1) is 9.02. The topological polar surface area (TPSA) is 27.7 Å². The number of rotatable bonds is 9. The molecule has 1 atom stereocenters. The molecule has 0 aromatic carbocycles. The van der Waals surface area contributed by atoms with E-state index in [1.165, 1.54) is 12.0 Å². The van der Waals surface area contributed by atoms with E-state index in [-0.39, 0.29) is 6.29 Å². The van der Waals surface area contributed by atoms with Crippen LogP contribution >= 0.6 is 0 Å². The molecule has 0 N–H and O–H groups in total. The van der Waals surface area contributed by atoms with Gasteiger partial charge in [-0.1, -0.05) is 25.5 Å². The van der Waals surface area contributed by atoms with Gasteiger partial charge in [0.1, 0.15) is 0 Å². The molecule has 0 radical (unpaired) electrons. The van der Waals surface area contributed by atoms with Crippen molar-refractivity contribution in [2.45, 2.75) is 53.8 Å². The minimum absolute atomic E-state index is 0.216. The summed E-state index contributed by atoms with van der Waals surface area (Å²) >= 11 is 0. The Balaban J connectivity index is 2.20. The van der Waals surface area contributed by atoms with Crippen LogP contribution in [0.5, 0.6) is 0 Å². The molecule has 19 heavy (non-hydrogen) atoms. The molecule has 0 unspecified atom stereocenters. The molecule has 3 nitrogen and oxygen atoms in total. The number of hydrogen-bond donors (Lipinski definition) is 0. The lowest BCUT2D eigenvalue weighted by atomic mass is 9.76. The maximum absolute atomic E-state index is 5.72. The van der Waals surface area contributed by atoms with Gasteiger partial charge in [-0.05, 0) is 44.9 Å². The molecule has 0 aliphatic heterocycles. The fourth-order valence-corrected chi connectivity index (χ4v) is 2.60. The zero-order valence-electron chi connectivity index (χ0n) is 13.2. The summed E-state index contributed by atoms with van der Waals surface area (Å²) in [5, 5.41) is 0. The van der Waals surface area contributed by atoms with Crippen molar-refractivity contribution in [3.63, 3.8) is 0 Å². The molecule has 0 spiro atoms. The van der Waals surface area contributed by atoms with Crippen LogP contribution in [-0.4, -0.2) is 32.7 Å². The first-order valence-electron chi connectivity index (χ1n) is 7.50. The van der Waals surface area contributed by atoms with Crippen LogP contribution in [0.25, 0.3) is 0 Å². The molecular weight excluding hydrogens is 240 g/mol. The molecule has 0 aromatic heterocycles. The van der Waals surface area contributed by atoms with E-state index >= 15 is 0 Å². The van der Waals surface area contributed by atoms with Crippen molar-refractivity contribution in [1.29, 1.82) is 0 Å². The zero-order chi connectivity index (χ0) is 14.3. The van der Waals surface area contributed by atoms with E-state index in [9.17, 15) is 0 Å². The van der Waals surface area contributed by atoms with Crippen LogP contribution in [0, 0.1) is 11.3 Å². The van der Waals surface area contributed by atoms with Gasteiger partial charge >= 0.3 is 0 Å². The highest BCUT2D eigenvalue weighted by molar-refractivity contribution is 5.17. The molecule has 3 heteroatoms. The minimum atomic E-state index is -0.216. The van der Waals surface area contributed by atoms with Gasteiger partial charge in [0.2, 0.25) is 0 Å². The smallest absolute Gasteiger partial charge is 0.180 e. The highest BCUT2D eigenvalue weighted by atomic mass is 16.7. The summed E-state index contributed by atoms with van der Waals surface area (Å²) in [4.78, 5) is 0. The third kappa shape index (κ3) is 4.90. The Hall–Kier alpha value is -0.380. The quantitative estimate of drug-likeness (QED) is 0.362. The molecule has 0 fully saturated rings. The Labute approximate surface area is 118 Å². The molecular formula is C16H30O3. The van der Waals surface area contributed by atoms with Gasteiger partial charge in [0.25, 0.3) is 0 Å². The highest BCUT2D eigenvalue weighted by Crippen LogP contribution is 2.44. The van der Waals surface area contributed by atoms with E-state index in [0.717, 1.165) is 13.0 Å². The molecule has 0 saturated carbocycles. The maximum atomic E-state index is 5.72. The average molecular weight is 270 g/mol. The normalized spacial score (nSPS) is 22.0. The molecule has 112 valence electrons. The van der Waals surface area contributed by atoms with Crippen LogP contribution < -0.4 is 0 Å². The van der Waals surface area contributed by atoms with Gasteiger partial charge in [-0.2, -0.15) is 0 Å². The summed E-state index contributed by atoms with van der Waals surface area (Å²) in [7, 11) is 0. The molecule has 1 aliphatic carbocycles. The fraction of sp³-hybridized carbons (Fsp3) is 0.875. The number of ether oxygens (including phenoxy) is 3. The Morgan fingerprint density at radius 1 is 1.26 bits per heavy atom. The van der Waals surface area contributed by atoms with Gasteiger partial charge < -0.3 is 14.2 Å². The lowest BCUT2D eigenvalue weighted by molar-refractivity contribution is -0.168. The maximum Gasteiger partial charge on any atom is 0.180 e. The fourth-order valence-electron chi connectivity index (χ4n) is 2.60. The Morgan fingerprint density at radius 2 is 1.89 bits per heavy atom. The third-order valence-electron chi connectivity index (χ3n) is 4.32. The van der Waals surface area contributed by atoms with E-state index in [4.69, 9.17) is 14.2 Å². The second-order valence-electron chi connectivity index (χ2n) is 5.75. The van der Waals surface area contributed by atoms with E-state index in [1.807, 2.05) is 13.8 Å². The SMILES string of the molecule is CCOC(COCC[C@@H]1CC=C(C)C1(C)C)OCC. The van der Waals surface area contributed by atoms with E-state index < -0.39 is 0 Å². The van der Waals surface area contributed by atoms with Crippen LogP contribution in [0.1, 0.15) is 47.5 Å². The first kappa shape index (κ1) is 16.7. The van der Waals surface area contributed by atoms with Crippen molar-refractivity contribution < 1.29 is 14.2 Å². The van der Waals surface area contributed by atoms with Crippen LogP contribution in [0.3, 0.4) is 0 Å². The summed E-state index contributed by atoms with van der Waals surface area (Å²) < 4.78 is 16.6. The van der Waals surface area contributed by atoms with Gasteiger partial charge in [0, 0.05) is 19.8 Å². The van der Waals surface area contributed by atoms with Crippen LogP contribution in [-0.2, 0) is 14.2 Å². The second kappa shape index (κ2) is 8.03. The van der Waals surface area contributed by atoms with Crippen molar-refractivity contribution in [2.24, 2.45) is 11.3 Å². The van der Waals surface area contributed by atoms with Gasteiger partial charge in [-0.3, -0.25) is 0 Å². The minimum Gasteiger partial charge on any atom is -0.376 e. The van der Waals surface area contributed by atoms with Crippen molar-refractivity contribution in [1.82, 2.24) is 0 Å². The van der Waals surface area contributed by atoms with Crippen LogP contribution in [0.15, 0.2) is 11.6 Å². The van der Waals surface area contributed by atoms with Gasteiger partial charge in [-0.25, -0.2) is 0 Å². The van der Waals surface area contributed by atoms with Crippen molar-refractivity contribution >= 4 is 0 Å². The van der Waals surface area contributed by atoms with Gasteiger partial charge in [0.15, 0.2) is 6.29 Å². The largest absolute Gasteiger partial charge is 0.376 e. The monoisotopic (exact) mass is 270 g/mol. The van der Waals surface area contributed by atoms with Crippen molar-refractivity contribution in [2.75, 3.05) is 26.4 Å². The number of hydrogen-bond acceptors (Lipinski definition) is 3.